The van der Waals surface area contributed by atoms with Gasteiger partial charge in [0.25, 0.3) is 0 Å². The fraction of sp³-hybridized carbons (Fsp3) is 0.625. The fourth-order valence-corrected chi connectivity index (χ4v) is 6.77. The Morgan fingerprint density at radius 3 is 2.17 bits per heavy atom. The zero-order valence-corrected chi connectivity index (χ0v) is 15.4. The fourth-order valence-electron chi connectivity index (χ4n) is 3.98. The van der Waals surface area contributed by atoms with Gasteiger partial charge in [-0.3, -0.25) is 0 Å². The predicted octanol–water partition coefficient (Wildman–Crippen LogP) is 1.10. The molecule has 2 heterocycles. The van der Waals surface area contributed by atoms with Crippen molar-refractivity contribution in [2.75, 3.05) is 12.0 Å². The Morgan fingerprint density at radius 1 is 1.04 bits per heavy atom. The van der Waals surface area contributed by atoms with E-state index in [4.69, 9.17) is 0 Å². The number of benzene rings is 1. The highest BCUT2D eigenvalue weighted by Gasteiger charge is 2.45. The van der Waals surface area contributed by atoms with E-state index in [1.54, 1.807) is 4.31 Å². The molecule has 2 bridgehead atoms. The molecule has 2 atom stereocenters. The first-order valence-electron chi connectivity index (χ1n) is 8.27. The first kappa shape index (κ1) is 17.8. The lowest BCUT2D eigenvalue weighted by Crippen LogP contribution is -2.52. The van der Waals surface area contributed by atoms with Crippen LogP contribution in [0.3, 0.4) is 0 Å². The van der Waals surface area contributed by atoms with Crippen molar-refractivity contribution in [3.8, 4) is 0 Å². The van der Waals surface area contributed by atoms with Crippen LogP contribution < -0.4 is 4.72 Å². The van der Waals surface area contributed by atoms with Gasteiger partial charge < -0.3 is 0 Å². The van der Waals surface area contributed by atoms with Gasteiger partial charge in [-0.15, -0.1) is 0 Å². The molecule has 0 aromatic heterocycles. The van der Waals surface area contributed by atoms with E-state index < -0.39 is 20.0 Å². The molecule has 8 heteroatoms. The van der Waals surface area contributed by atoms with E-state index in [0.717, 1.165) is 18.4 Å². The molecule has 1 N–H and O–H groups in total. The molecular formula is C16H24N2O4S2. The molecule has 3 rings (SSSR count). The standard InChI is InChI=1S/C16H24N2O4S2/c1-23(19,20)18-15-7-8-16(18)12-14(11-15)17-24(21,22)10-9-13-5-3-2-4-6-13/h2-6,14-17H,7-12H2,1H3/t15-,16-/m0/s1. The highest BCUT2D eigenvalue weighted by atomic mass is 32.2. The van der Waals surface area contributed by atoms with Crippen LogP contribution in [0.4, 0.5) is 0 Å². The van der Waals surface area contributed by atoms with Crippen LogP contribution in [0.1, 0.15) is 31.2 Å². The second-order valence-electron chi connectivity index (χ2n) is 6.82. The van der Waals surface area contributed by atoms with Gasteiger partial charge in [0, 0.05) is 18.1 Å². The monoisotopic (exact) mass is 372 g/mol. The summed E-state index contributed by atoms with van der Waals surface area (Å²) in [4.78, 5) is 0. The van der Waals surface area contributed by atoms with Crippen molar-refractivity contribution in [3.05, 3.63) is 35.9 Å². The van der Waals surface area contributed by atoms with Crippen molar-refractivity contribution in [2.24, 2.45) is 0 Å². The molecule has 0 aliphatic carbocycles. The number of fused-ring (bicyclic) bond motifs is 2. The van der Waals surface area contributed by atoms with Crippen LogP contribution in [0.25, 0.3) is 0 Å². The lowest BCUT2D eigenvalue weighted by Gasteiger charge is -2.37. The van der Waals surface area contributed by atoms with Crippen molar-refractivity contribution in [1.29, 1.82) is 0 Å². The Hall–Kier alpha value is -0.960. The van der Waals surface area contributed by atoms with E-state index in [2.05, 4.69) is 4.72 Å². The van der Waals surface area contributed by atoms with Gasteiger partial charge in [0.05, 0.1) is 12.0 Å². The number of nitrogens with one attached hydrogen (secondary N) is 1. The largest absolute Gasteiger partial charge is 0.212 e. The minimum atomic E-state index is -3.37. The van der Waals surface area contributed by atoms with Gasteiger partial charge in [-0.05, 0) is 37.7 Å². The van der Waals surface area contributed by atoms with Gasteiger partial charge in [-0.2, -0.15) is 4.31 Å². The quantitative estimate of drug-likeness (QED) is 0.811. The maximum atomic E-state index is 12.3. The van der Waals surface area contributed by atoms with Crippen LogP contribution in [0.15, 0.2) is 30.3 Å². The molecular weight excluding hydrogens is 348 g/mol. The van der Waals surface area contributed by atoms with E-state index >= 15 is 0 Å². The summed E-state index contributed by atoms with van der Waals surface area (Å²) in [5.41, 5.74) is 0.995. The third-order valence-electron chi connectivity index (χ3n) is 4.90. The Kier molecular flexibility index (Phi) is 5.01. The zero-order valence-electron chi connectivity index (χ0n) is 13.8. The van der Waals surface area contributed by atoms with Crippen molar-refractivity contribution in [1.82, 2.24) is 9.03 Å². The van der Waals surface area contributed by atoms with Crippen LogP contribution in [0, 0.1) is 0 Å². The van der Waals surface area contributed by atoms with Gasteiger partial charge in [-0.1, -0.05) is 30.3 Å². The number of rotatable bonds is 6. The summed E-state index contributed by atoms with van der Waals surface area (Å²) >= 11 is 0. The first-order chi connectivity index (χ1) is 11.2. The highest BCUT2D eigenvalue weighted by molar-refractivity contribution is 7.89. The molecule has 6 nitrogen and oxygen atoms in total. The third kappa shape index (κ3) is 4.17. The molecule has 0 saturated carbocycles. The minimum absolute atomic E-state index is 0.0542. The lowest BCUT2D eigenvalue weighted by molar-refractivity contribution is 0.221. The molecule has 0 spiro atoms. The SMILES string of the molecule is CS(=O)(=O)N1[C@H]2CC[C@H]1CC(NS(=O)(=O)CCc1ccccc1)C2. The van der Waals surface area contributed by atoms with Gasteiger partial charge in [0.1, 0.15) is 0 Å². The Morgan fingerprint density at radius 2 is 1.62 bits per heavy atom. The Balaban J connectivity index is 1.59. The molecule has 2 aliphatic rings. The van der Waals surface area contributed by atoms with Crippen molar-refractivity contribution in [2.45, 2.75) is 50.2 Å². The normalized spacial score (nSPS) is 28.1. The lowest BCUT2D eigenvalue weighted by atomic mass is 10.0. The Bertz CT molecular complexity index is 764. The van der Waals surface area contributed by atoms with E-state index in [0.29, 0.717) is 19.3 Å². The molecule has 0 amide bonds. The van der Waals surface area contributed by atoms with Crippen LogP contribution in [-0.4, -0.2) is 51.3 Å². The van der Waals surface area contributed by atoms with Gasteiger partial charge in [-0.25, -0.2) is 21.6 Å². The number of piperidine rings is 1. The average molecular weight is 373 g/mol. The number of sulfonamides is 2. The molecule has 134 valence electrons. The van der Waals surface area contributed by atoms with Crippen molar-refractivity contribution >= 4 is 20.0 Å². The molecule has 2 saturated heterocycles. The van der Waals surface area contributed by atoms with Crippen LogP contribution >= 0.6 is 0 Å². The molecule has 2 aliphatic heterocycles. The van der Waals surface area contributed by atoms with E-state index in [-0.39, 0.29) is 23.9 Å². The number of aryl methyl sites for hydroxylation is 1. The second kappa shape index (κ2) is 6.74. The first-order valence-corrected chi connectivity index (χ1v) is 11.8. The molecule has 24 heavy (non-hydrogen) atoms. The van der Waals surface area contributed by atoms with Gasteiger partial charge >= 0.3 is 0 Å². The Labute approximate surface area is 144 Å². The maximum absolute atomic E-state index is 12.3. The van der Waals surface area contributed by atoms with Crippen LogP contribution in [-0.2, 0) is 26.5 Å². The van der Waals surface area contributed by atoms with E-state index in [1.165, 1.54) is 6.26 Å². The van der Waals surface area contributed by atoms with E-state index in [1.807, 2.05) is 30.3 Å². The summed E-state index contributed by atoms with van der Waals surface area (Å²) in [6.07, 6.45) is 4.48. The van der Waals surface area contributed by atoms with Crippen molar-refractivity contribution < 1.29 is 16.8 Å². The molecule has 0 unspecified atom stereocenters. The summed E-state index contributed by atoms with van der Waals surface area (Å²) in [7, 11) is -6.59. The molecule has 1 aromatic carbocycles. The number of hydrogen-bond acceptors (Lipinski definition) is 4. The minimum Gasteiger partial charge on any atom is -0.212 e. The maximum Gasteiger partial charge on any atom is 0.212 e. The predicted molar refractivity (Wildman–Crippen MR) is 93.6 cm³/mol. The second-order valence-corrected chi connectivity index (χ2v) is 10.6. The number of hydrogen-bond donors (Lipinski definition) is 1. The molecule has 1 aromatic rings. The third-order valence-corrected chi connectivity index (χ3v) is 7.69. The zero-order chi connectivity index (χ0) is 17.4. The molecule has 2 fully saturated rings. The summed E-state index contributed by atoms with van der Waals surface area (Å²) < 4.78 is 52.8. The smallest absolute Gasteiger partial charge is 0.212 e. The number of nitrogens with zero attached hydrogens (tertiary/aromatic N) is 1. The summed E-state index contributed by atoms with van der Waals surface area (Å²) in [5.74, 6) is 0.0542. The van der Waals surface area contributed by atoms with Crippen molar-refractivity contribution in [3.63, 3.8) is 0 Å². The summed E-state index contributed by atoms with van der Waals surface area (Å²) in [6, 6.07) is 9.23. The molecule has 0 radical (unpaired) electrons. The summed E-state index contributed by atoms with van der Waals surface area (Å²) in [5, 5.41) is 0. The van der Waals surface area contributed by atoms with E-state index in [9.17, 15) is 16.8 Å². The van der Waals surface area contributed by atoms with Crippen LogP contribution in [0.2, 0.25) is 0 Å². The van der Waals surface area contributed by atoms with Crippen LogP contribution in [0.5, 0.6) is 0 Å². The van der Waals surface area contributed by atoms with Gasteiger partial charge in [0.15, 0.2) is 0 Å². The topological polar surface area (TPSA) is 83.6 Å². The summed E-state index contributed by atoms with van der Waals surface area (Å²) in [6.45, 7) is 0. The highest BCUT2D eigenvalue weighted by Crippen LogP contribution is 2.37. The average Bonchev–Trinajstić information content (AvgIpc) is 2.79. The van der Waals surface area contributed by atoms with Gasteiger partial charge in [0.2, 0.25) is 20.0 Å².